The van der Waals surface area contributed by atoms with E-state index in [4.69, 9.17) is 9.47 Å². The number of nitrogens with zero attached hydrogens (tertiary/aromatic N) is 5. The van der Waals surface area contributed by atoms with Crippen molar-refractivity contribution in [3.8, 4) is 0 Å². The van der Waals surface area contributed by atoms with Crippen LogP contribution in [0.5, 0.6) is 0 Å². The summed E-state index contributed by atoms with van der Waals surface area (Å²) >= 11 is 0. The van der Waals surface area contributed by atoms with Gasteiger partial charge in [0.2, 0.25) is 11.8 Å². The highest BCUT2D eigenvalue weighted by molar-refractivity contribution is 5.98. The van der Waals surface area contributed by atoms with Crippen molar-refractivity contribution in [3.63, 3.8) is 0 Å². The summed E-state index contributed by atoms with van der Waals surface area (Å²) in [5, 5.41) is 19.1. The Balaban J connectivity index is 1.43. The first kappa shape index (κ1) is 27.8. The van der Waals surface area contributed by atoms with Crippen LogP contribution in [0.4, 0.5) is 0 Å². The molecule has 6 rings (SSSR count). The molecule has 218 valence electrons. The number of aliphatic hydroxyl groups excluding tert-OH is 1. The Labute approximate surface area is 243 Å². The van der Waals surface area contributed by atoms with Crippen molar-refractivity contribution in [2.45, 2.75) is 43.3 Å². The number of benzene rings is 2. The van der Waals surface area contributed by atoms with Crippen LogP contribution in [0.15, 0.2) is 79.9 Å². The molecule has 1 spiro atoms. The lowest BCUT2D eigenvalue weighted by atomic mass is 9.70. The third kappa shape index (κ3) is 4.31. The molecule has 2 bridgehead atoms. The lowest BCUT2D eigenvalue weighted by molar-refractivity contribution is -0.156. The second kappa shape index (κ2) is 11.1. The van der Waals surface area contributed by atoms with Crippen molar-refractivity contribution in [3.05, 3.63) is 85.5 Å². The van der Waals surface area contributed by atoms with Crippen LogP contribution in [0, 0.1) is 11.8 Å². The summed E-state index contributed by atoms with van der Waals surface area (Å²) in [5.74, 6) is -3.15. The van der Waals surface area contributed by atoms with E-state index in [9.17, 15) is 19.5 Å². The number of carbonyl (C=O) groups is 3. The highest BCUT2D eigenvalue weighted by atomic mass is 16.6. The zero-order chi connectivity index (χ0) is 29.4. The molecule has 1 aromatic heterocycles. The first-order valence-electron chi connectivity index (χ1n) is 14.1. The van der Waals surface area contributed by atoms with Gasteiger partial charge in [-0.15, -0.1) is 11.7 Å². The molecular formula is C31H33N5O6. The molecule has 3 aliphatic rings. The summed E-state index contributed by atoms with van der Waals surface area (Å²) in [6, 6.07) is 14.6. The number of esters is 1. The molecule has 3 aliphatic heterocycles. The SMILES string of the molecule is C=CCOC(=O)[C@@H]1[C@H]2C(=O)N([C@H](CO)c3ccccc3)C(C(=O)N(CC=C)Cn3nnc4ccccc43)C23CC[C@H]1O3. The molecule has 0 aliphatic carbocycles. The second-order valence-corrected chi connectivity index (χ2v) is 10.9. The number of aromatic nitrogens is 3. The van der Waals surface area contributed by atoms with Gasteiger partial charge in [-0.3, -0.25) is 14.4 Å². The van der Waals surface area contributed by atoms with Gasteiger partial charge in [0.15, 0.2) is 0 Å². The van der Waals surface area contributed by atoms with Crippen LogP contribution in [0.3, 0.4) is 0 Å². The fourth-order valence-electron chi connectivity index (χ4n) is 6.97. The minimum atomic E-state index is -1.26. The van der Waals surface area contributed by atoms with Crippen LogP contribution in [-0.2, 0) is 30.5 Å². The number of para-hydroxylation sites is 1. The van der Waals surface area contributed by atoms with Crippen LogP contribution >= 0.6 is 0 Å². The average molecular weight is 572 g/mol. The number of rotatable bonds is 11. The van der Waals surface area contributed by atoms with Gasteiger partial charge in [0.1, 0.15) is 30.4 Å². The van der Waals surface area contributed by atoms with E-state index in [2.05, 4.69) is 23.5 Å². The Hall–Kier alpha value is -4.35. The van der Waals surface area contributed by atoms with E-state index in [1.807, 2.05) is 42.5 Å². The highest BCUT2D eigenvalue weighted by Crippen LogP contribution is 2.60. The van der Waals surface area contributed by atoms with E-state index < -0.39 is 54.1 Å². The molecular weight excluding hydrogens is 538 g/mol. The van der Waals surface area contributed by atoms with Crippen molar-refractivity contribution in [1.82, 2.24) is 24.8 Å². The third-order valence-corrected chi connectivity index (χ3v) is 8.67. The van der Waals surface area contributed by atoms with Crippen LogP contribution in [0.2, 0.25) is 0 Å². The van der Waals surface area contributed by atoms with Gasteiger partial charge in [0, 0.05) is 6.54 Å². The zero-order valence-corrected chi connectivity index (χ0v) is 23.1. The molecule has 2 amide bonds. The lowest BCUT2D eigenvalue weighted by Gasteiger charge is -2.39. The predicted octanol–water partition coefficient (Wildman–Crippen LogP) is 2.24. The topological polar surface area (TPSA) is 127 Å². The van der Waals surface area contributed by atoms with E-state index in [0.717, 1.165) is 5.52 Å². The molecule has 6 atom stereocenters. The fourth-order valence-corrected chi connectivity index (χ4v) is 6.97. The third-order valence-electron chi connectivity index (χ3n) is 8.67. The number of aliphatic hydroxyl groups is 1. The van der Waals surface area contributed by atoms with Crippen molar-refractivity contribution in [1.29, 1.82) is 0 Å². The average Bonchev–Trinajstić information content (AvgIpc) is 3.76. The van der Waals surface area contributed by atoms with Gasteiger partial charge in [-0.05, 0) is 30.5 Å². The molecule has 2 aromatic carbocycles. The predicted molar refractivity (Wildman–Crippen MR) is 151 cm³/mol. The van der Waals surface area contributed by atoms with Gasteiger partial charge >= 0.3 is 5.97 Å². The summed E-state index contributed by atoms with van der Waals surface area (Å²) < 4.78 is 13.5. The Morgan fingerprint density at radius 1 is 1.17 bits per heavy atom. The van der Waals surface area contributed by atoms with Crippen molar-refractivity contribution in [2.75, 3.05) is 19.8 Å². The largest absolute Gasteiger partial charge is 0.461 e. The molecule has 3 fully saturated rings. The number of fused-ring (bicyclic) bond motifs is 2. The van der Waals surface area contributed by atoms with Gasteiger partial charge in [0.05, 0.1) is 36.1 Å². The van der Waals surface area contributed by atoms with Crippen LogP contribution in [0.25, 0.3) is 11.0 Å². The van der Waals surface area contributed by atoms with Gasteiger partial charge in [0.25, 0.3) is 0 Å². The molecule has 2 unspecified atom stereocenters. The molecule has 4 heterocycles. The minimum absolute atomic E-state index is 0.00426. The zero-order valence-electron chi connectivity index (χ0n) is 23.1. The first-order valence-corrected chi connectivity index (χ1v) is 14.1. The summed E-state index contributed by atoms with van der Waals surface area (Å²) in [4.78, 5) is 45.4. The quantitative estimate of drug-likeness (QED) is 0.274. The van der Waals surface area contributed by atoms with Gasteiger partial charge in [-0.25, -0.2) is 4.68 Å². The number of amides is 2. The van der Waals surface area contributed by atoms with Crippen LogP contribution in [0.1, 0.15) is 24.4 Å². The van der Waals surface area contributed by atoms with Crippen LogP contribution < -0.4 is 0 Å². The molecule has 1 N–H and O–H groups in total. The molecule has 0 radical (unpaired) electrons. The second-order valence-electron chi connectivity index (χ2n) is 10.9. The monoisotopic (exact) mass is 571 g/mol. The number of carbonyl (C=O) groups excluding carboxylic acids is 3. The Morgan fingerprint density at radius 3 is 2.67 bits per heavy atom. The maximum atomic E-state index is 14.7. The maximum absolute atomic E-state index is 14.7. The highest BCUT2D eigenvalue weighted by Gasteiger charge is 2.75. The number of hydrogen-bond acceptors (Lipinski definition) is 8. The molecule has 11 nitrogen and oxygen atoms in total. The number of likely N-dealkylation sites (tertiary alicyclic amines) is 1. The fraction of sp³-hybridized carbons (Fsp3) is 0.387. The smallest absolute Gasteiger partial charge is 0.312 e. The molecule has 11 heteroatoms. The standard InChI is InChI=1S/C31H33N5O6/c1-3-16-34(19-35-22-13-9-8-12-21(22)32-33-35)29(39)27-31-15-14-24(42-31)25(30(40)41-17-4-2)26(31)28(38)36(27)23(18-37)20-10-6-5-7-11-20/h3-13,23-27,37H,1-2,14-19H2/t23-,24-,25+,26+,27?,31?/m1/s1. The van der Waals surface area contributed by atoms with Gasteiger partial charge in [-0.2, -0.15) is 0 Å². The molecule has 0 saturated carbocycles. The maximum Gasteiger partial charge on any atom is 0.312 e. The van der Waals surface area contributed by atoms with E-state index in [0.29, 0.717) is 23.9 Å². The Morgan fingerprint density at radius 2 is 1.93 bits per heavy atom. The number of hydrogen-bond donors (Lipinski definition) is 1. The Bertz CT molecular complexity index is 1520. The van der Waals surface area contributed by atoms with E-state index in [1.165, 1.54) is 11.0 Å². The summed E-state index contributed by atoms with van der Waals surface area (Å²) in [5.41, 5.74) is 0.835. The van der Waals surface area contributed by atoms with Crippen molar-refractivity contribution in [2.24, 2.45) is 11.8 Å². The lowest BCUT2D eigenvalue weighted by Crippen LogP contribution is -2.57. The summed E-state index contributed by atoms with van der Waals surface area (Å²) in [6.07, 6.45) is 3.43. The van der Waals surface area contributed by atoms with E-state index in [-0.39, 0.29) is 25.7 Å². The van der Waals surface area contributed by atoms with E-state index in [1.54, 1.807) is 27.8 Å². The summed E-state index contributed by atoms with van der Waals surface area (Å²) in [6.45, 7) is 7.25. The van der Waals surface area contributed by atoms with E-state index >= 15 is 0 Å². The van der Waals surface area contributed by atoms with Gasteiger partial charge in [-0.1, -0.05) is 66.4 Å². The van der Waals surface area contributed by atoms with Crippen molar-refractivity contribution < 1.29 is 29.0 Å². The van der Waals surface area contributed by atoms with Crippen molar-refractivity contribution >= 4 is 28.8 Å². The first-order chi connectivity index (χ1) is 20.4. The molecule has 42 heavy (non-hydrogen) atoms. The van der Waals surface area contributed by atoms with Gasteiger partial charge < -0.3 is 24.4 Å². The summed E-state index contributed by atoms with van der Waals surface area (Å²) in [7, 11) is 0. The molecule has 3 aromatic rings. The molecule has 3 saturated heterocycles. The Kier molecular flexibility index (Phi) is 7.38. The number of ether oxygens (including phenoxy) is 2. The van der Waals surface area contributed by atoms with Crippen LogP contribution in [-0.4, -0.2) is 85.2 Å². The normalized spacial score (nSPS) is 26.7. The minimum Gasteiger partial charge on any atom is -0.461 e.